The van der Waals surface area contributed by atoms with E-state index in [9.17, 15) is 24.0 Å². The molecule has 1 N–H and O–H groups in total. The predicted molar refractivity (Wildman–Crippen MR) is 92.3 cm³/mol. The van der Waals surface area contributed by atoms with E-state index in [-0.39, 0.29) is 11.7 Å². The third kappa shape index (κ3) is 5.36. The number of nitrogens with one attached hydrogen (secondary N) is 1. The number of hydrogen-bond donors (Lipinski definition) is 1. The Labute approximate surface area is 162 Å². The van der Waals surface area contributed by atoms with Crippen LogP contribution in [0.4, 0.5) is 5.13 Å². The summed E-state index contributed by atoms with van der Waals surface area (Å²) in [5.74, 6) is -2.42. The lowest BCUT2D eigenvalue weighted by Crippen LogP contribution is -2.41. The minimum atomic E-state index is -1.21. The number of ether oxygens (including phenoxy) is 4. The van der Waals surface area contributed by atoms with Crippen molar-refractivity contribution >= 4 is 40.5 Å². The molecular formula is C15H19N3O9S. The van der Waals surface area contributed by atoms with Gasteiger partial charge in [0.1, 0.15) is 12.7 Å². The van der Waals surface area contributed by atoms with E-state index in [4.69, 9.17) is 18.9 Å². The molecule has 154 valence electrons. The van der Waals surface area contributed by atoms with Crippen LogP contribution in [-0.4, -0.2) is 57.7 Å². The Kier molecular flexibility index (Phi) is 6.85. The zero-order valence-electron chi connectivity index (χ0n) is 15.5. The Hall–Kier alpha value is -2.80. The van der Waals surface area contributed by atoms with Crippen molar-refractivity contribution in [1.82, 2.24) is 8.94 Å². The van der Waals surface area contributed by atoms with Crippen LogP contribution in [0.15, 0.2) is 4.79 Å². The fraction of sp³-hybridized carbons (Fsp3) is 0.600. The fourth-order valence-corrected chi connectivity index (χ4v) is 3.42. The van der Waals surface area contributed by atoms with Gasteiger partial charge in [-0.1, -0.05) is 0 Å². The number of carbonyl (C=O) groups is 4. The van der Waals surface area contributed by atoms with Crippen molar-refractivity contribution in [2.45, 2.75) is 52.2 Å². The Morgan fingerprint density at radius 3 is 2.21 bits per heavy atom. The molecule has 1 aliphatic heterocycles. The van der Waals surface area contributed by atoms with Gasteiger partial charge in [0.05, 0.1) is 0 Å². The van der Waals surface area contributed by atoms with Gasteiger partial charge >= 0.3 is 23.6 Å². The molecule has 0 spiro atoms. The second kappa shape index (κ2) is 8.93. The lowest BCUT2D eigenvalue weighted by Gasteiger charge is -2.23. The standard InChI is InChI=1S/C15H19N3O9S/c1-6(19)16-14-17-15(23)18(28-14)13-12(26-9(4)22)11(25-8(3)21)10(27-13)5-24-7(2)20/h10-13H,5H2,1-4H3,(H,16,17,19,23)/t10-,11-,12-,13-/m1/s1. The van der Waals surface area contributed by atoms with Gasteiger partial charge in [0.25, 0.3) is 0 Å². The van der Waals surface area contributed by atoms with E-state index in [2.05, 4.69) is 10.3 Å². The summed E-state index contributed by atoms with van der Waals surface area (Å²) in [5, 5.41) is 2.38. The maximum Gasteiger partial charge on any atom is 0.362 e. The summed E-state index contributed by atoms with van der Waals surface area (Å²) < 4.78 is 22.1. The largest absolute Gasteiger partial charge is 0.463 e. The topological polar surface area (TPSA) is 152 Å². The lowest BCUT2D eigenvalue weighted by atomic mass is 10.1. The molecule has 0 saturated carbocycles. The summed E-state index contributed by atoms with van der Waals surface area (Å²) in [7, 11) is 0. The van der Waals surface area contributed by atoms with Crippen molar-refractivity contribution in [2.24, 2.45) is 0 Å². The predicted octanol–water partition coefficient (Wildman–Crippen LogP) is -0.413. The highest BCUT2D eigenvalue weighted by molar-refractivity contribution is 7.10. The first-order chi connectivity index (χ1) is 13.1. The molecule has 0 aromatic carbocycles. The Bertz CT molecular complexity index is 833. The summed E-state index contributed by atoms with van der Waals surface area (Å²) in [6.45, 7) is 4.42. The van der Waals surface area contributed by atoms with Crippen LogP contribution in [0.2, 0.25) is 0 Å². The van der Waals surface area contributed by atoms with Crippen LogP contribution in [0.25, 0.3) is 0 Å². The molecular weight excluding hydrogens is 398 g/mol. The SMILES string of the molecule is CC(=O)Nc1nc(=O)n([C@@H]2O[C@H](COC(C)=O)[C@@H](OC(C)=O)[C@H]2OC(C)=O)s1. The van der Waals surface area contributed by atoms with Gasteiger partial charge in [0, 0.05) is 27.7 Å². The van der Waals surface area contributed by atoms with Gasteiger partial charge in [-0.3, -0.25) is 19.2 Å². The Balaban J connectivity index is 2.39. The lowest BCUT2D eigenvalue weighted by molar-refractivity contribution is -0.166. The van der Waals surface area contributed by atoms with Crippen LogP contribution >= 0.6 is 11.5 Å². The van der Waals surface area contributed by atoms with E-state index < -0.39 is 54.0 Å². The number of hydrogen-bond acceptors (Lipinski definition) is 11. The van der Waals surface area contributed by atoms with Gasteiger partial charge in [-0.2, -0.15) is 4.98 Å². The maximum absolute atomic E-state index is 12.2. The summed E-state index contributed by atoms with van der Waals surface area (Å²) in [6.07, 6.45) is -4.55. The normalized spacial score (nSPS) is 23.7. The second-order valence-electron chi connectivity index (χ2n) is 5.81. The molecule has 2 heterocycles. The highest BCUT2D eigenvalue weighted by atomic mass is 32.1. The zero-order chi connectivity index (χ0) is 21.0. The number of carbonyl (C=O) groups excluding carboxylic acids is 4. The molecule has 0 radical (unpaired) electrons. The first-order valence-electron chi connectivity index (χ1n) is 8.09. The van der Waals surface area contributed by atoms with Crippen molar-refractivity contribution < 1.29 is 38.1 Å². The van der Waals surface area contributed by atoms with Crippen LogP contribution in [-0.2, 0) is 38.1 Å². The van der Waals surface area contributed by atoms with Crippen molar-refractivity contribution in [1.29, 1.82) is 0 Å². The molecule has 1 fully saturated rings. The number of nitrogens with zero attached hydrogens (tertiary/aromatic N) is 2. The molecule has 0 bridgehead atoms. The van der Waals surface area contributed by atoms with E-state index >= 15 is 0 Å². The number of amides is 1. The minimum absolute atomic E-state index is 0.00940. The third-order valence-electron chi connectivity index (χ3n) is 3.43. The van der Waals surface area contributed by atoms with Crippen molar-refractivity contribution in [2.75, 3.05) is 11.9 Å². The average molecular weight is 417 g/mol. The van der Waals surface area contributed by atoms with E-state index in [1.165, 1.54) is 13.8 Å². The van der Waals surface area contributed by atoms with E-state index in [1.54, 1.807) is 0 Å². The molecule has 1 aromatic rings. The minimum Gasteiger partial charge on any atom is -0.463 e. The first-order valence-corrected chi connectivity index (χ1v) is 8.86. The Morgan fingerprint density at radius 2 is 1.68 bits per heavy atom. The average Bonchev–Trinajstić information content (AvgIpc) is 3.05. The number of anilines is 1. The van der Waals surface area contributed by atoms with E-state index in [1.807, 2.05) is 0 Å². The van der Waals surface area contributed by atoms with Crippen molar-refractivity contribution in [3.05, 3.63) is 10.5 Å². The highest BCUT2D eigenvalue weighted by Crippen LogP contribution is 2.35. The van der Waals surface area contributed by atoms with Crippen LogP contribution in [0.5, 0.6) is 0 Å². The molecule has 4 atom stereocenters. The summed E-state index contributed by atoms with van der Waals surface area (Å²) in [4.78, 5) is 61.3. The number of aromatic nitrogens is 2. The summed E-state index contributed by atoms with van der Waals surface area (Å²) in [6, 6.07) is 0. The van der Waals surface area contributed by atoms with Gasteiger partial charge in [-0.05, 0) is 11.5 Å². The van der Waals surface area contributed by atoms with E-state index in [0.717, 1.165) is 29.3 Å². The summed E-state index contributed by atoms with van der Waals surface area (Å²) in [5.41, 5.74) is -0.773. The molecule has 0 aliphatic carbocycles. The quantitative estimate of drug-likeness (QED) is 0.477. The molecule has 12 nitrogen and oxygen atoms in total. The van der Waals surface area contributed by atoms with Gasteiger partial charge in [-0.15, -0.1) is 0 Å². The van der Waals surface area contributed by atoms with Crippen LogP contribution in [0, 0.1) is 0 Å². The zero-order valence-corrected chi connectivity index (χ0v) is 16.3. The molecule has 28 heavy (non-hydrogen) atoms. The van der Waals surface area contributed by atoms with Gasteiger partial charge in [-0.25, -0.2) is 8.75 Å². The molecule has 0 unspecified atom stereocenters. The van der Waals surface area contributed by atoms with Crippen LogP contribution < -0.4 is 11.0 Å². The van der Waals surface area contributed by atoms with Gasteiger partial charge in [0.2, 0.25) is 11.0 Å². The summed E-state index contributed by atoms with van der Waals surface area (Å²) >= 11 is 0.760. The van der Waals surface area contributed by atoms with Gasteiger partial charge < -0.3 is 24.3 Å². The Morgan fingerprint density at radius 1 is 1.07 bits per heavy atom. The monoisotopic (exact) mass is 417 g/mol. The second-order valence-corrected chi connectivity index (χ2v) is 6.78. The third-order valence-corrected chi connectivity index (χ3v) is 4.35. The first kappa shape index (κ1) is 21.5. The number of esters is 3. The van der Waals surface area contributed by atoms with Crippen LogP contribution in [0.3, 0.4) is 0 Å². The molecule has 13 heteroatoms. The number of rotatable bonds is 6. The van der Waals surface area contributed by atoms with Crippen molar-refractivity contribution in [3.63, 3.8) is 0 Å². The van der Waals surface area contributed by atoms with E-state index in [0.29, 0.717) is 0 Å². The van der Waals surface area contributed by atoms with Gasteiger partial charge in [0.15, 0.2) is 18.4 Å². The maximum atomic E-state index is 12.2. The molecule has 2 rings (SSSR count). The smallest absolute Gasteiger partial charge is 0.362 e. The molecule has 1 aromatic heterocycles. The van der Waals surface area contributed by atoms with Crippen molar-refractivity contribution in [3.8, 4) is 0 Å². The van der Waals surface area contributed by atoms with Crippen LogP contribution in [0.1, 0.15) is 33.9 Å². The fourth-order valence-electron chi connectivity index (χ4n) is 2.53. The molecule has 1 amide bonds. The molecule has 1 saturated heterocycles. The highest BCUT2D eigenvalue weighted by Gasteiger charge is 2.51. The molecule has 1 aliphatic rings.